The van der Waals surface area contributed by atoms with Gasteiger partial charge in [-0.15, -0.1) is 0 Å². The molecule has 12 heteroatoms. The summed E-state index contributed by atoms with van der Waals surface area (Å²) in [5.41, 5.74) is 0.414. The molecule has 0 N–H and O–H groups in total. The maximum atomic E-state index is 13.7. The lowest BCUT2D eigenvalue weighted by Crippen LogP contribution is -2.35. The van der Waals surface area contributed by atoms with Crippen LogP contribution in [0, 0.1) is 0 Å². The van der Waals surface area contributed by atoms with Crippen LogP contribution in [0.3, 0.4) is 0 Å². The highest BCUT2D eigenvalue weighted by atomic mass is 35.5. The number of methoxy groups -OCH3 is 1. The van der Waals surface area contributed by atoms with Gasteiger partial charge in [0.2, 0.25) is 10.0 Å². The molecule has 0 radical (unpaired) electrons. The van der Waals surface area contributed by atoms with E-state index in [9.17, 15) is 13.2 Å². The highest BCUT2D eigenvalue weighted by molar-refractivity contribution is 7.89. The lowest BCUT2D eigenvalue weighted by Gasteiger charge is -2.27. The molecule has 0 amide bonds. The number of aromatic nitrogens is 2. The van der Waals surface area contributed by atoms with Gasteiger partial charge in [0.15, 0.2) is 0 Å². The fourth-order valence-electron chi connectivity index (χ4n) is 3.73. The molecule has 0 aliphatic carbocycles. The van der Waals surface area contributed by atoms with E-state index in [0.29, 0.717) is 22.0 Å². The Morgan fingerprint density at radius 2 is 1.56 bits per heavy atom. The summed E-state index contributed by atoms with van der Waals surface area (Å²) >= 11 is 24.5. The number of rotatable bonds is 6. The Labute approximate surface area is 227 Å². The minimum Gasteiger partial charge on any atom is -0.497 e. The van der Waals surface area contributed by atoms with Gasteiger partial charge in [0.05, 0.1) is 39.8 Å². The van der Waals surface area contributed by atoms with E-state index in [1.807, 2.05) is 0 Å². The molecule has 0 fully saturated rings. The fraction of sp³-hybridized carbons (Fsp3) is 0.167. The quantitative estimate of drug-likeness (QED) is 0.261. The van der Waals surface area contributed by atoms with E-state index < -0.39 is 21.6 Å². The maximum absolute atomic E-state index is 13.7. The van der Waals surface area contributed by atoms with Crippen LogP contribution in [0.1, 0.15) is 18.8 Å². The summed E-state index contributed by atoms with van der Waals surface area (Å²) in [6.07, 6.45) is 0. The Bertz CT molecular complexity index is 1620. The minimum absolute atomic E-state index is 0.125. The Hall–Kier alpha value is -2.33. The zero-order valence-corrected chi connectivity index (χ0v) is 23.0. The van der Waals surface area contributed by atoms with Gasteiger partial charge in [0.25, 0.3) is 5.56 Å². The first-order valence-electron chi connectivity index (χ1n) is 10.4. The average molecular weight is 587 g/mol. The van der Waals surface area contributed by atoms with Crippen LogP contribution in [0.25, 0.3) is 16.6 Å². The molecular weight excluding hydrogens is 568 g/mol. The Morgan fingerprint density at radius 1 is 0.944 bits per heavy atom. The van der Waals surface area contributed by atoms with E-state index >= 15 is 0 Å². The molecule has 1 heterocycles. The third-order valence-electron chi connectivity index (χ3n) is 5.71. The van der Waals surface area contributed by atoms with Gasteiger partial charge >= 0.3 is 0 Å². The number of halogens is 4. The van der Waals surface area contributed by atoms with E-state index in [2.05, 4.69) is 4.98 Å². The Kier molecular flexibility index (Phi) is 7.57. The van der Waals surface area contributed by atoms with Gasteiger partial charge in [-0.3, -0.25) is 9.36 Å². The molecule has 3 aromatic carbocycles. The second-order valence-corrected chi connectivity index (χ2v) is 11.5. The lowest BCUT2D eigenvalue weighted by atomic mass is 10.2. The highest BCUT2D eigenvalue weighted by Crippen LogP contribution is 2.37. The van der Waals surface area contributed by atoms with E-state index in [4.69, 9.17) is 51.1 Å². The first-order valence-corrected chi connectivity index (χ1v) is 13.4. The molecule has 1 aromatic heterocycles. The number of hydrogen-bond donors (Lipinski definition) is 0. The smallest absolute Gasteiger partial charge is 0.266 e. The van der Waals surface area contributed by atoms with Crippen LogP contribution in [0.2, 0.25) is 20.1 Å². The summed E-state index contributed by atoms with van der Waals surface area (Å²) < 4.78 is 34.8. The predicted octanol–water partition coefficient (Wildman–Crippen LogP) is 6.39. The van der Waals surface area contributed by atoms with Crippen molar-refractivity contribution in [2.45, 2.75) is 17.9 Å². The average Bonchev–Trinajstić information content (AvgIpc) is 2.82. The lowest BCUT2D eigenvalue weighted by molar-refractivity contribution is 0.379. The Morgan fingerprint density at radius 3 is 2.14 bits per heavy atom. The number of nitrogens with zero attached hydrogens (tertiary/aromatic N) is 3. The molecule has 0 saturated carbocycles. The molecule has 4 rings (SSSR count). The summed E-state index contributed by atoms with van der Waals surface area (Å²) in [5.74, 6) is 0.761. The van der Waals surface area contributed by atoms with Gasteiger partial charge in [-0.1, -0.05) is 46.4 Å². The van der Waals surface area contributed by atoms with Crippen LogP contribution in [0.15, 0.2) is 64.3 Å². The van der Waals surface area contributed by atoms with Crippen molar-refractivity contribution in [3.63, 3.8) is 0 Å². The van der Waals surface area contributed by atoms with Crippen LogP contribution in [0.5, 0.6) is 5.75 Å². The second-order valence-electron chi connectivity index (χ2n) is 7.87. The van der Waals surface area contributed by atoms with Crippen LogP contribution >= 0.6 is 46.4 Å². The molecule has 1 atom stereocenters. The van der Waals surface area contributed by atoms with Crippen molar-refractivity contribution in [2.75, 3.05) is 14.2 Å². The zero-order valence-electron chi connectivity index (χ0n) is 19.2. The molecular formula is C24H19Cl4N3O4S. The van der Waals surface area contributed by atoms with Gasteiger partial charge in [-0.25, -0.2) is 13.4 Å². The number of sulfonamides is 1. The molecule has 0 saturated heterocycles. The highest BCUT2D eigenvalue weighted by Gasteiger charge is 2.33. The van der Waals surface area contributed by atoms with Crippen molar-refractivity contribution >= 4 is 67.3 Å². The maximum Gasteiger partial charge on any atom is 0.266 e. The van der Waals surface area contributed by atoms with E-state index in [0.717, 1.165) is 4.31 Å². The normalized spacial score (nSPS) is 12.8. The van der Waals surface area contributed by atoms with Crippen molar-refractivity contribution in [3.05, 3.63) is 90.9 Å². The first-order chi connectivity index (χ1) is 16.9. The minimum atomic E-state index is -4.23. The van der Waals surface area contributed by atoms with Crippen molar-refractivity contribution in [3.8, 4) is 11.4 Å². The van der Waals surface area contributed by atoms with Crippen molar-refractivity contribution in [2.24, 2.45) is 0 Å². The van der Waals surface area contributed by atoms with Gasteiger partial charge in [0, 0.05) is 17.1 Å². The summed E-state index contributed by atoms with van der Waals surface area (Å²) in [4.78, 5) is 18.0. The van der Waals surface area contributed by atoms with Gasteiger partial charge in [-0.2, -0.15) is 4.31 Å². The van der Waals surface area contributed by atoms with E-state index in [1.54, 1.807) is 43.3 Å². The summed E-state index contributed by atoms with van der Waals surface area (Å²) in [7, 11) is -1.34. The first kappa shape index (κ1) is 26.7. The molecule has 4 aromatic rings. The third kappa shape index (κ3) is 4.81. The van der Waals surface area contributed by atoms with Crippen molar-refractivity contribution in [1.29, 1.82) is 0 Å². The number of ether oxygens (including phenoxy) is 1. The van der Waals surface area contributed by atoms with Crippen LogP contribution in [-0.2, 0) is 10.0 Å². The van der Waals surface area contributed by atoms with Gasteiger partial charge in [-0.05, 0) is 61.5 Å². The van der Waals surface area contributed by atoms with Crippen LogP contribution < -0.4 is 10.3 Å². The molecule has 0 aliphatic heterocycles. The largest absolute Gasteiger partial charge is 0.497 e. The van der Waals surface area contributed by atoms with Gasteiger partial charge < -0.3 is 4.74 Å². The standard InChI is InChI=1S/C24H19Cl4N3O4S/c1-13(30(2)36(33,34)22-19(27)11-15(26)12-20(22)28)23-29-21-9-4-14(25)10-18(21)24(32)31(23)16-5-7-17(35-3)8-6-16/h4-13H,1-3H3. The molecule has 0 spiro atoms. The molecule has 188 valence electrons. The zero-order chi connectivity index (χ0) is 26.4. The Balaban J connectivity index is 1.94. The molecule has 1 unspecified atom stereocenters. The van der Waals surface area contributed by atoms with Crippen LogP contribution in [0.4, 0.5) is 0 Å². The van der Waals surface area contributed by atoms with Crippen molar-refractivity contribution in [1.82, 2.24) is 13.9 Å². The van der Waals surface area contributed by atoms with Crippen molar-refractivity contribution < 1.29 is 13.2 Å². The number of fused-ring (bicyclic) bond motifs is 1. The molecule has 7 nitrogen and oxygen atoms in total. The molecule has 0 bridgehead atoms. The fourth-order valence-corrected chi connectivity index (χ4v) is 6.71. The topological polar surface area (TPSA) is 81.5 Å². The SMILES string of the molecule is COc1ccc(-n2c(C(C)N(C)S(=O)(=O)c3c(Cl)cc(Cl)cc3Cl)nc3ccc(Cl)cc3c2=O)cc1. The molecule has 36 heavy (non-hydrogen) atoms. The third-order valence-corrected chi connectivity index (χ3v) is 9.01. The number of hydrogen-bond acceptors (Lipinski definition) is 5. The van der Waals surface area contributed by atoms with Crippen LogP contribution in [-0.4, -0.2) is 36.4 Å². The van der Waals surface area contributed by atoms with E-state index in [1.165, 1.54) is 36.9 Å². The summed E-state index contributed by atoms with van der Waals surface area (Å²) in [5, 5.41) is 0.599. The van der Waals surface area contributed by atoms with E-state index in [-0.39, 0.29) is 31.2 Å². The predicted molar refractivity (Wildman–Crippen MR) is 144 cm³/mol. The molecule has 0 aliphatic rings. The second kappa shape index (κ2) is 10.2. The monoisotopic (exact) mass is 585 g/mol. The number of benzene rings is 3. The van der Waals surface area contributed by atoms with Gasteiger partial charge in [0.1, 0.15) is 16.5 Å². The summed E-state index contributed by atoms with van der Waals surface area (Å²) in [6, 6.07) is 13.1. The summed E-state index contributed by atoms with van der Waals surface area (Å²) in [6.45, 7) is 1.61.